The molecule has 1 aromatic rings. The lowest BCUT2D eigenvalue weighted by atomic mass is 10.1. The lowest BCUT2D eigenvalue weighted by molar-refractivity contribution is -0.125. The minimum Gasteiger partial charge on any atom is -0.392 e. The van der Waals surface area contributed by atoms with Crippen LogP contribution in [0.25, 0.3) is 0 Å². The van der Waals surface area contributed by atoms with Crippen LogP contribution in [-0.4, -0.2) is 28.3 Å². The van der Waals surface area contributed by atoms with Gasteiger partial charge in [-0.3, -0.25) is 4.79 Å². The fourth-order valence-electron chi connectivity index (χ4n) is 2.36. The first-order chi connectivity index (χ1) is 9.10. The van der Waals surface area contributed by atoms with Gasteiger partial charge in [0.05, 0.1) is 12.7 Å². The van der Waals surface area contributed by atoms with Crippen molar-refractivity contribution in [2.45, 2.75) is 38.1 Å². The second-order valence-electron chi connectivity index (χ2n) is 5.09. The van der Waals surface area contributed by atoms with Gasteiger partial charge in [0.25, 0.3) is 0 Å². The Kier molecular flexibility index (Phi) is 4.52. The number of rotatable bonds is 4. The van der Waals surface area contributed by atoms with E-state index in [1.54, 1.807) is 0 Å². The Morgan fingerprint density at radius 1 is 1.26 bits per heavy atom. The largest absolute Gasteiger partial charge is 0.392 e. The zero-order valence-electron chi connectivity index (χ0n) is 10.7. The minimum absolute atomic E-state index is 0.0183. The zero-order valence-corrected chi connectivity index (χ0v) is 10.7. The molecule has 2 rings (SSSR count). The third-order valence-corrected chi connectivity index (χ3v) is 3.62. The smallest absolute Gasteiger partial charge is 0.223 e. The summed E-state index contributed by atoms with van der Waals surface area (Å²) in [5, 5.41) is 21.3. The van der Waals surface area contributed by atoms with Crippen LogP contribution in [-0.2, 0) is 17.9 Å². The van der Waals surface area contributed by atoms with Crippen molar-refractivity contribution in [3.8, 4) is 0 Å². The second-order valence-corrected chi connectivity index (χ2v) is 5.09. The summed E-state index contributed by atoms with van der Waals surface area (Å²) in [4.78, 5) is 11.9. The number of benzene rings is 1. The van der Waals surface area contributed by atoms with E-state index in [-0.39, 0.29) is 24.5 Å². The number of nitrogens with one attached hydrogen (secondary N) is 1. The molecule has 5 N–H and O–H groups in total. The van der Waals surface area contributed by atoms with Crippen molar-refractivity contribution in [3.63, 3.8) is 0 Å². The van der Waals surface area contributed by atoms with Crippen LogP contribution in [0.15, 0.2) is 24.3 Å². The van der Waals surface area contributed by atoms with Crippen LogP contribution in [0.5, 0.6) is 0 Å². The average Bonchev–Trinajstić information content (AvgIpc) is 2.77. The van der Waals surface area contributed by atoms with Crippen LogP contribution < -0.4 is 11.1 Å². The quantitative estimate of drug-likeness (QED) is 0.610. The molecule has 5 heteroatoms. The highest BCUT2D eigenvalue weighted by molar-refractivity contribution is 5.79. The SMILES string of the molecule is N[C@@H]1C[C@H](C(=O)NCc2ccc(CO)cc2)C[C@H]1O. The van der Waals surface area contributed by atoms with Crippen LogP contribution >= 0.6 is 0 Å². The summed E-state index contributed by atoms with van der Waals surface area (Å²) >= 11 is 0. The van der Waals surface area contributed by atoms with E-state index in [1.165, 1.54) is 0 Å². The van der Waals surface area contributed by atoms with Gasteiger partial charge in [0.15, 0.2) is 0 Å². The summed E-state index contributed by atoms with van der Waals surface area (Å²) in [6.07, 6.45) is 0.409. The number of hydrogen-bond donors (Lipinski definition) is 4. The van der Waals surface area contributed by atoms with Gasteiger partial charge in [-0.1, -0.05) is 24.3 Å². The highest BCUT2D eigenvalue weighted by Gasteiger charge is 2.34. The number of carbonyl (C=O) groups excluding carboxylic acids is 1. The van der Waals surface area contributed by atoms with Crippen LogP contribution in [0, 0.1) is 5.92 Å². The molecule has 0 aromatic heterocycles. The molecule has 1 aliphatic rings. The molecular weight excluding hydrogens is 244 g/mol. The minimum atomic E-state index is -0.570. The average molecular weight is 264 g/mol. The Bertz CT molecular complexity index is 423. The van der Waals surface area contributed by atoms with Crippen molar-refractivity contribution < 1.29 is 15.0 Å². The Balaban J connectivity index is 1.83. The number of aliphatic hydroxyl groups excluding tert-OH is 2. The van der Waals surface area contributed by atoms with Crippen molar-refractivity contribution >= 4 is 5.91 Å². The van der Waals surface area contributed by atoms with E-state index in [0.717, 1.165) is 11.1 Å². The molecule has 3 atom stereocenters. The summed E-state index contributed by atoms with van der Waals surface area (Å²) < 4.78 is 0. The molecule has 0 heterocycles. The molecule has 1 saturated carbocycles. The molecule has 0 spiro atoms. The summed E-state index contributed by atoms with van der Waals surface area (Å²) in [6, 6.07) is 7.12. The van der Waals surface area contributed by atoms with E-state index in [9.17, 15) is 9.90 Å². The number of aliphatic hydroxyl groups is 2. The van der Waals surface area contributed by atoms with Gasteiger partial charge in [0, 0.05) is 18.5 Å². The van der Waals surface area contributed by atoms with Crippen molar-refractivity contribution in [3.05, 3.63) is 35.4 Å². The molecule has 104 valence electrons. The predicted octanol–water partition coefficient (Wildman–Crippen LogP) is -0.107. The molecular formula is C14H20N2O3. The number of carbonyl (C=O) groups is 1. The fraction of sp³-hybridized carbons (Fsp3) is 0.500. The molecule has 1 aromatic carbocycles. The van der Waals surface area contributed by atoms with Crippen LogP contribution in [0.3, 0.4) is 0 Å². The molecule has 5 nitrogen and oxygen atoms in total. The van der Waals surface area contributed by atoms with Gasteiger partial charge in [0.2, 0.25) is 5.91 Å². The summed E-state index contributed by atoms with van der Waals surface area (Å²) in [5.41, 5.74) is 7.52. The van der Waals surface area contributed by atoms with Gasteiger partial charge < -0.3 is 21.3 Å². The second kappa shape index (κ2) is 6.14. The summed E-state index contributed by atoms with van der Waals surface area (Å²) in [7, 11) is 0. The van der Waals surface area contributed by atoms with E-state index >= 15 is 0 Å². The lowest BCUT2D eigenvalue weighted by Crippen LogP contribution is -2.30. The van der Waals surface area contributed by atoms with Gasteiger partial charge in [0.1, 0.15) is 0 Å². The molecule has 19 heavy (non-hydrogen) atoms. The maximum absolute atomic E-state index is 11.9. The summed E-state index contributed by atoms with van der Waals surface area (Å²) in [6.45, 7) is 0.469. The molecule has 0 radical (unpaired) electrons. The van der Waals surface area contributed by atoms with Crippen LogP contribution in [0.4, 0.5) is 0 Å². The van der Waals surface area contributed by atoms with E-state index in [1.807, 2.05) is 24.3 Å². The van der Waals surface area contributed by atoms with E-state index < -0.39 is 6.10 Å². The molecule has 1 amide bonds. The molecule has 0 unspecified atom stereocenters. The van der Waals surface area contributed by atoms with Crippen molar-refractivity contribution in [2.75, 3.05) is 0 Å². The van der Waals surface area contributed by atoms with Crippen LogP contribution in [0.2, 0.25) is 0 Å². The normalized spacial score (nSPS) is 26.4. The Morgan fingerprint density at radius 2 is 1.89 bits per heavy atom. The van der Waals surface area contributed by atoms with E-state index in [0.29, 0.717) is 19.4 Å². The first-order valence-corrected chi connectivity index (χ1v) is 6.50. The number of hydrogen-bond acceptors (Lipinski definition) is 4. The molecule has 1 fully saturated rings. The third-order valence-electron chi connectivity index (χ3n) is 3.62. The van der Waals surface area contributed by atoms with Crippen molar-refractivity contribution in [1.29, 1.82) is 0 Å². The first-order valence-electron chi connectivity index (χ1n) is 6.50. The zero-order chi connectivity index (χ0) is 13.8. The van der Waals surface area contributed by atoms with Crippen molar-refractivity contribution in [2.24, 2.45) is 11.7 Å². The number of amides is 1. The maximum atomic E-state index is 11.9. The third kappa shape index (κ3) is 3.53. The Morgan fingerprint density at radius 3 is 2.42 bits per heavy atom. The fourth-order valence-corrected chi connectivity index (χ4v) is 2.36. The lowest BCUT2D eigenvalue weighted by Gasteiger charge is -2.10. The van der Waals surface area contributed by atoms with Gasteiger partial charge in [-0.25, -0.2) is 0 Å². The molecule has 0 aliphatic heterocycles. The van der Waals surface area contributed by atoms with Gasteiger partial charge in [-0.05, 0) is 24.0 Å². The Labute approximate surface area is 112 Å². The topological polar surface area (TPSA) is 95.6 Å². The van der Waals surface area contributed by atoms with E-state index in [2.05, 4.69) is 5.32 Å². The van der Waals surface area contributed by atoms with E-state index in [4.69, 9.17) is 10.8 Å². The monoisotopic (exact) mass is 264 g/mol. The molecule has 0 bridgehead atoms. The first kappa shape index (κ1) is 14.0. The highest BCUT2D eigenvalue weighted by atomic mass is 16.3. The predicted molar refractivity (Wildman–Crippen MR) is 70.9 cm³/mol. The van der Waals surface area contributed by atoms with Crippen molar-refractivity contribution in [1.82, 2.24) is 5.32 Å². The summed E-state index contributed by atoms with van der Waals surface area (Å²) in [5.74, 6) is -0.250. The van der Waals surface area contributed by atoms with Gasteiger partial charge in [-0.15, -0.1) is 0 Å². The van der Waals surface area contributed by atoms with Crippen LogP contribution in [0.1, 0.15) is 24.0 Å². The Hall–Kier alpha value is -1.43. The molecule has 1 aliphatic carbocycles. The number of nitrogens with two attached hydrogens (primary N) is 1. The van der Waals surface area contributed by atoms with Gasteiger partial charge in [-0.2, -0.15) is 0 Å². The standard InChI is InChI=1S/C14H20N2O3/c15-12-5-11(6-13(12)18)14(19)16-7-9-1-3-10(8-17)4-2-9/h1-4,11-13,17-18H,5-8,15H2,(H,16,19)/t11-,12+,13+/m0/s1. The molecule has 0 saturated heterocycles. The highest BCUT2D eigenvalue weighted by Crippen LogP contribution is 2.24. The van der Waals surface area contributed by atoms with Gasteiger partial charge >= 0.3 is 0 Å². The maximum Gasteiger partial charge on any atom is 0.223 e.